The molecule has 3 heteroatoms. The van der Waals surface area contributed by atoms with E-state index in [0.717, 1.165) is 23.4 Å². The van der Waals surface area contributed by atoms with Crippen molar-refractivity contribution >= 4 is 33.7 Å². The third-order valence-electron chi connectivity index (χ3n) is 3.81. The standard InChI is InChI=1S/C16H18N2S/c1-18(10-11-6-7-11)15-9-8-14(16(17)19)12-4-2-3-5-13(12)15/h2-5,8-9,11H,6-7,10H2,1H3,(H2,17,19). The van der Waals surface area contributed by atoms with E-state index < -0.39 is 0 Å². The van der Waals surface area contributed by atoms with Crippen LogP contribution in [-0.4, -0.2) is 18.6 Å². The fourth-order valence-corrected chi connectivity index (χ4v) is 2.79. The van der Waals surface area contributed by atoms with E-state index in [-0.39, 0.29) is 0 Å². The molecule has 0 atom stereocenters. The monoisotopic (exact) mass is 270 g/mol. The molecule has 2 aromatic rings. The summed E-state index contributed by atoms with van der Waals surface area (Å²) < 4.78 is 0. The fraction of sp³-hybridized carbons (Fsp3) is 0.312. The van der Waals surface area contributed by atoms with Crippen LogP contribution in [0.2, 0.25) is 0 Å². The lowest BCUT2D eigenvalue weighted by Gasteiger charge is -2.22. The van der Waals surface area contributed by atoms with Gasteiger partial charge < -0.3 is 10.6 Å². The minimum atomic E-state index is 0.465. The van der Waals surface area contributed by atoms with Gasteiger partial charge in [0.15, 0.2) is 0 Å². The molecule has 1 saturated carbocycles. The molecule has 0 aliphatic heterocycles. The van der Waals surface area contributed by atoms with E-state index in [1.165, 1.54) is 23.9 Å². The molecular weight excluding hydrogens is 252 g/mol. The summed E-state index contributed by atoms with van der Waals surface area (Å²) in [6.07, 6.45) is 2.74. The first-order valence-electron chi connectivity index (χ1n) is 6.69. The van der Waals surface area contributed by atoms with Crippen LogP contribution >= 0.6 is 12.2 Å². The highest BCUT2D eigenvalue weighted by molar-refractivity contribution is 7.80. The summed E-state index contributed by atoms with van der Waals surface area (Å²) in [5.74, 6) is 0.874. The van der Waals surface area contributed by atoms with Crippen LogP contribution in [0, 0.1) is 5.92 Å². The van der Waals surface area contributed by atoms with Crippen LogP contribution in [0.1, 0.15) is 18.4 Å². The van der Waals surface area contributed by atoms with Gasteiger partial charge in [-0.25, -0.2) is 0 Å². The predicted octanol–water partition coefficient (Wildman–Crippen LogP) is 3.32. The van der Waals surface area contributed by atoms with Gasteiger partial charge in [0.2, 0.25) is 0 Å². The van der Waals surface area contributed by atoms with Crippen molar-refractivity contribution in [1.82, 2.24) is 0 Å². The Balaban J connectivity index is 2.09. The number of nitrogens with two attached hydrogens (primary N) is 1. The van der Waals surface area contributed by atoms with E-state index in [0.29, 0.717) is 4.99 Å². The minimum absolute atomic E-state index is 0.465. The number of anilines is 1. The first-order chi connectivity index (χ1) is 9.16. The topological polar surface area (TPSA) is 29.3 Å². The minimum Gasteiger partial charge on any atom is -0.389 e. The molecule has 2 nitrogen and oxygen atoms in total. The third-order valence-corrected chi connectivity index (χ3v) is 4.03. The second-order valence-corrected chi connectivity index (χ2v) is 5.81. The summed E-state index contributed by atoms with van der Waals surface area (Å²) in [5, 5.41) is 2.38. The largest absolute Gasteiger partial charge is 0.389 e. The number of thiocarbonyl (C=S) groups is 1. The molecule has 0 unspecified atom stereocenters. The number of hydrogen-bond donors (Lipinski definition) is 1. The lowest BCUT2D eigenvalue weighted by atomic mass is 10.0. The van der Waals surface area contributed by atoms with Crippen LogP contribution in [-0.2, 0) is 0 Å². The molecule has 1 fully saturated rings. The summed E-state index contributed by atoms with van der Waals surface area (Å²) >= 11 is 5.14. The quantitative estimate of drug-likeness (QED) is 0.864. The van der Waals surface area contributed by atoms with Gasteiger partial charge in [0.1, 0.15) is 4.99 Å². The zero-order valence-corrected chi connectivity index (χ0v) is 11.9. The lowest BCUT2D eigenvalue weighted by molar-refractivity contribution is 0.789. The van der Waals surface area contributed by atoms with E-state index >= 15 is 0 Å². The van der Waals surface area contributed by atoms with Gasteiger partial charge in [-0.15, -0.1) is 0 Å². The highest BCUT2D eigenvalue weighted by Crippen LogP contribution is 2.34. The van der Waals surface area contributed by atoms with Gasteiger partial charge in [-0.3, -0.25) is 0 Å². The van der Waals surface area contributed by atoms with Crippen LogP contribution in [0.15, 0.2) is 36.4 Å². The molecule has 0 spiro atoms. The third kappa shape index (κ3) is 2.43. The first-order valence-corrected chi connectivity index (χ1v) is 7.10. The number of hydrogen-bond acceptors (Lipinski definition) is 2. The van der Waals surface area contributed by atoms with Crippen molar-refractivity contribution in [1.29, 1.82) is 0 Å². The van der Waals surface area contributed by atoms with Crippen LogP contribution in [0.5, 0.6) is 0 Å². The number of rotatable bonds is 4. The molecule has 98 valence electrons. The zero-order chi connectivity index (χ0) is 13.4. The first kappa shape index (κ1) is 12.4. The summed E-state index contributed by atoms with van der Waals surface area (Å²) in [7, 11) is 2.17. The Morgan fingerprint density at radius 1 is 1.21 bits per heavy atom. The molecule has 0 bridgehead atoms. The molecule has 19 heavy (non-hydrogen) atoms. The Kier molecular flexibility index (Phi) is 3.15. The van der Waals surface area contributed by atoms with Crippen molar-refractivity contribution in [2.45, 2.75) is 12.8 Å². The summed E-state index contributed by atoms with van der Waals surface area (Å²) in [5.41, 5.74) is 8.05. The van der Waals surface area contributed by atoms with Crippen LogP contribution in [0.4, 0.5) is 5.69 Å². The lowest BCUT2D eigenvalue weighted by Crippen LogP contribution is -2.20. The summed E-state index contributed by atoms with van der Waals surface area (Å²) in [6, 6.07) is 12.5. The van der Waals surface area contributed by atoms with Gasteiger partial charge >= 0.3 is 0 Å². The maximum Gasteiger partial charge on any atom is 0.104 e. The highest BCUT2D eigenvalue weighted by Gasteiger charge is 2.23. The summed E-state index contributed by atoms with van der Waals surface area (Å²) in [6.45, 7) is 1.14. The second kappa shape index (κ2) is 4.82. The molecule has 0 saturated heterocycles. The molecule has 0 aromatic heterocycles. The Bertz CT molecular complexity index is 632. The second-order valence-electron chi connectivity index (χ2n) is 5.37. The van der Waals surface area contributed by atoms with Crippen molar-refractivity contribution in [3.8, 4) is 0 Å². The fourth-order valence-electron chi connectivity index (χ4n) is 2.62. The Labute approximate surface area is 119 Å². The molecule has 2 aromatic carbocycles. The van der Waals surface area contributed by atoms with Crippen molar-refractivity contribution < 1.29 is 0 Å². The molecular formula is C16H18N2S. The molecule has 0 radical (unpaired) electrons. The van der Waals surface area contributed by atoms with Crippen molar-refractivity contribution in [2.75, 3.05) is 18.5 Å². The van der Waals surface area contributed by atoms with Gasteiger partial charge in [0, 0.05) is 30.2 Å². The van der Waals surface area contributed by atoms with E-state index in [9.17, 15) is 0 Å². The van der Waals surface area contributed by atoms with Gasteiger partial charge in [-0.2, -0.15) is 0 Å². The van der Waals surface area contributed by atoms with E-state index in [4.69, 9.17) is 18.0 Å². The molecule has 1 aliphatic rings. The van der Waals surface area contributed by atoms with Crippen molar-refractivity contribution in [3.05, 3.63) is 42.0 Å². The van der Waals surface area contributed by atoms with Gasteiger partial charge in [-0.05, 0) is 36.3 Å². The Morgan fingerprint density at radius 3 is 2.53 bits per heavy atom. The SMILES string of the molecule is CN(CC1CC1)c1ccc(C(N)=S)c2ccccc12. The maximum atomic E-state index is 5.81. The molecule has 0 amide bonds. The molecule has 1 aliphatic carbocycles. The molecule has 0 heterocycles. The van der Waals surface area contributed by atoms with Gasteiger partial charge in [-0.1, -0.05) is 36.5 Å². The van der Waals surface area contributed by atoms with Gasteiger partial charge in [0.05, 0.1) is 0 Å². The van der Waals surface area contributed by atoms with Gasteiger partial charge in [0.25, 0.3) is 0 Å². The summed E-state index contributed by atoms with van der Waals surface area (Å²) in [4.78, 5) is 2.82. The zero-order valence-electron chi connectivity index (χ0n) is 11.1. The van der Waals surface area contributed by atoms with Crippen molar-refractivity contribution in [3.63, 3.8) is 0 Å². The average molecular weight is 270 g/mol. The van der Waals surface area contributed by atoms with E-state index in [1.54, 1.807) is 0 Å². The maximum absolute atomic E-state index is 5.81. The van der Waals surface area contributed by atoms with E-state index in [1.807, 2.05) is 12.1 Å². The highest BCUT2D eigenvalue weighted by atomic mass is 32.1. The number of benzene rings is 2. The Hall–Kier alpha value is -1.61. The van der Waals surface area contributed by atoms with Crippen molar-refractivity contribution in [2.24, 2.45) is 11.7 Å². The van der Waals surface area contributed by atoms with Crippen LogP contribution < -0.4 is 10.6 Å². The number of nitrogens with zero attached hydrogens (tertiary/aromatic N) is 1. The Morgan fingerprint density at radius 2 is 1.89 bits per heavy atom. The van der Waals surface area contributed by atoms with Crippen LogP contribution in [0.25, 0.3) is 10.8 Å². The van der Waals surface area contributed by atoms with Crippen LogP contribution in [0.3, 0.4) is 0 Å². The predicted molar refractivity (Wildman–Crippen MR) is 85.8 cm³/mol. The average Bonchev–Trinajstić information content (AvgIpc) is 3.21. The molecule has 2 N–H and O–H groups in total. The van der Waals surface area contributed by atoms with E-state index in [2.05, 4.69) is 36.2 Å². The molecule has 3 rings (SSSR count). The number of fused-ring (bicyclic) bond motifs is 1. The normalized spacial score (nSPS) is 14.6. The smallest absolute Gasteiger partial charge is 0.104 e.